The zero-order chi connectivity index (χ0) is 3.58. The Morgan fingerprint density at radius 1 is 1.12 bits per heavy atom. The average Bonchev–Trinajstić information content (AvgIpc) is 0.811. The number of carboxylic acid groups (broad SMARTS) is 2. The summed E-state index contributed by atoms with van der Waals surface area (Å²) in [4.78, 5) is 8.56. The van der Waals surface area contributed by atoms with Crippen molar-refractivity contribution in [3.63, 3.8) is 0 Å². The van der Waals surface area contributed by atoms with E-state index < -0.39 is 6.16 Å². The number of hydrogen-bond donors (Lipinski definition) is 2. The molecule has 0 aliphatic carbocycles. The summed E-state index contributed by atoms with van der Waals surface area (Å²) in [6.45, 7) is 0. The van der Waals surface area contributed by atoms with E-state index in [1.807, 2.05) is 0 Å². The van der Waals surface area contributed by atoms with E-state index in [0.29, 0.717) is 0 Å². The van der Waals surface area contributed by atoms with Crippen molar-refractivity contribution in [1.82, 2.24) is 0 Å². The molecule has 0 bridgehead atoms. The van der Waals surface area contributed by atoms with Crippen LogP contribution in [0.2, 0.25) is 0 Å². The molecule has 50 valence electrons. The zero-order valence-electron chi connectivity index (χ0n) is 5.03. The van der Waals surface area contributed by atoms with Gasteiger partial charge in [-0.2, -0.15) is 0 Å². The second-order valence-electron chi connectivity index (χ2n) is 0.283. The molecule has 7 heteroatoms. The number of carbonyl (C=O) groups is 1. The summed E-state index contributed by atoms with van der Waals surface area (Å²) in [6.07, 6.45) is -1.83. The van der Waals surface area contributed by atoms with Gasteiger partial charge in [0, 0.05) is 0 Å². The second-order valence-corrected chi connectivity index (χ2v) is 0.283. The average molecular weight is 329 g/mol. The van der Waals surface area contributed by atoms with E-state index in [4.69, 9.17) is 15.0 Å². The van der Waals surface area contributed by atoms with Gasteiger partial charge in [-0.1, -0.05) is 0 Å². The van der Waals surface area contributed by atoms with Gasteiger partial charge in [0.05, 0.1) is 0 Å². The Kier molecular flexibility index (Phi) is 96.9. The molecule has 0 aromatic carbocycles. The van der Waals surface area contributed by atoms with Gasteiger partial charge in [-0.3, -0.25) is 0 Å². The molecule has 2 N–H and O–H groups in total. The minimum Gasteiger partial charge on any atom is -1.00 e. The van der Waals surface area contributed by atoms with Crippen molar-refractivity contribution in [1.29, 1.82) is 0 Å². The van der Waals surface area contributed by atoms with Gasteiger partial charge in [0.25, 0.3) is 0 Å². The Morgan fingerprint density at radius 2 is 1.12 bits per heavy atom. The van der Waals surface area contributed by atoms with Gasteiger partial charge in [-0.25, -0.2) is 4.79 Å². The zero-order valence-corrected chi connectivity index (χ0v) is 11.2. The summed E-state index contributed by atoms with van der Waals surface area (Å²) in [5, 5.41) is 13.9. The van der Waals surface area contributed by atoms with Gasteiger partial charge in [-0.05, 0) is 0 Å². The molecule has 0 atom stereocenters. The van der Waals surface area contributed by atoms with Crippen molar-refractivity contribution in [2.24, 2.45) is 0 Å². The van der Waals surface area contributed by atoms with Crippen molar-refractivity contribution in [3.8, 4) is 0 Å². The molecule has 0 rings (SSSR count). The number of rotatable bonds is 0. The van der Waals surface area contributed by atoms with E-state index in [1.165, 1.54) is 0 Å². The Bertz CT molecular complexity index is 42.0. The summed E-state index contributed by atoms with van der Waals surface area (Å²) in [5.74, 6) is 0. The van der Waals surface area contributed by atoms with Crippen LogP contribution in [0.25, 0.3) is 0 Å². The third-order valence-electron chi connectivity index (χ3n) is 0. The first kappa shape index (κ1) is 33.2. The topological polar surface area (TPSA) is 57.5 Å². The molecule has 0 aliphatic heterocycles. The first-order valence-electron chi connectivity index (χ1n) is 0.651. The minimum absolute atomic E-state index is 0. The van der Waals surface area contributed by atoms with E-state index in [1.54, 1.807) is 0 Å². The standard InChI is InChI=1S/CH2O3.3BrH.Na.H/c2-1(3)4;;;;;/h(H2,2,3,4);3*1H;;/q;;;;+1;-1. The predicted molar refractivity (Wildman–Crippen MR) is 42.7 cm³/mol. The van der Waals surface area contributed by atoms with Gasteiger partial charge in [0.15, 0.2) is 0 Å². The van der Waals surface area contributed by atoms with E-state index >= 15 is 0 Å². The fourth-order valence-corrected chi connectivity index (χ4v) is 0. The van der Waals surface area contributed by atoms with Crippen LogP contribution in [0, 0.1) is 0 Å². The fraction of sp³-hybridized carbons (Fsp3) is 0. The maximum atomic E-state index is 8.56. The van der Waals surface area contributed by atoms with E-state index in [2.05, 4.69) is 0 Å². The van der Waals surface area contributed by atoms with Gasteiger partial charge in [0.1, 0.15) is 0 Å². The van der Waals surface area contributed by atoms with Crippen LogP contribution in [0.1, 0.15) is 1.43 Å². The maximum Gasteiger partial charge on any atom is 1.00 e. The Hall–Kier alpha value is 1.71. The van der Waals surface area contributed by atoms with Crippen LogP contribution in [0.3, 0.4) is 0 Å². The molecule has 0 aromatic heterocycles. The van der Waals surface area contributed by atoms with Crippen molar-refractivity contribution in [2.75, 3.05) is 0 Å². The van der Waals surface area contributed by atoms with Gasteiger partial charge in [-0.15, -0.1) is 50.9 Å². The van der Waals surface area contributed by atoms with Gasteiger partial charge >= 0.3 is 35.7 Å². The molecule has 0 aliphatic rings. The monoisotopic (exact) mass is 326 g/mol. The predicted octanol–water partition coefficient (Wildman–Crippen LogP) is -0.927. The van der Waals surface area contributed by atoms with E-state index in [0.717, 1.165) is 0 Å². The van der Waals surface area contributed by atoms with Crippen molar-refractivity contribution in [2.45, 2.75) is 0 Å². The van der Waals surface area contributed by atoms with Crippen molar-refractivity contribution < 1.29 is 46.0 Å². The number of hydrogen-bond acceptors (Lipinski definition) is 1. The summed E-state index contributed by atoms with van der Waals surface area (Å²) >= 11 is 0. The molecule has 0 unspecified atom stereocenters. The maximum absolute atomic E-state index is 8.56. The summed E-state index contributed by atoms with van der Waals surface area (Å²) < 4.78 is 0. The first-order chi connectivity index (χ1) is 1.73. The Balaban J connectivity index is -0.00000000450. The van der Waals surface area contributed by atoms with Crippen LogP contribution in [0.15, 0.2) is 0 Å². The Morgan fingerprint density at radius 3 is 1.12 bits per heavy atom. The largest absolute Gasteiger partial charge is 1.00 e. The van der Waals surface area contributed by atoms with Crippen LogP contribution in [0.5, 0.6) is 0 Å². The summed E-state index contributed by atoms with van der Waals surface area (Å²) in [6, 6.07) is 0. The Labute approximate surface area is 102 Å². The third kappa shape index (κ3) is 119. The first-order valence-corrected chi connectivity index (χ1v) is 0.651. The van der Waals surface area contributed by atoms with Gasteiger partial charge in [0.2, 0.25) is 0 Å². The molecule has 3 nitrogen and oxygen atoms in total. The molecule has 0 heterocycles. The molecule has 0 saturated heterocycles. The molecular weight excluding hydrogens is 323 g/mol. The van der Waals surface area contributed by atoms with Crippen LogP contribution < -0.4 is 29.6 Å². The number of halogens is 3. The quantitative estimate of drug-likeness (QED) is 0.565. The second kappa shape index (κ2) is 23.3. The molecule has 0 spiro atoms. The third-order valence-corrected chi connectivity index (χ3v) is 0. The molecule has 0 aromatic rings. The molecule has 0 amide bonds. The van der Waals surface area contributed by atoms with Crippen LogP contribution >= 0.6 is 50.9 Å². The molecule has 0 fully saturated rings. The van der Waals surface area contributed by atoms with Crippen LogP contribution in [-0.4, -0.2) is 16.4 Å². The molecule has 0 saturated carbocycles. The molecular formula is CH6Br3NaO3. The SMILES string of the molecule is Br.Br.Br.O=C(O)O.[H-].[Na+]. The summed E-state index contributed by atoms with van der Waals surface area (Å²) in [5.41, 5.74) is 0. The van der Waals surface area contributed by atoms with Crippen LogP contribution in [-0.2, 0) is 0 Å². The fourth-order valence-electron chi connectivity index (χ4n) is 0. The van der Waals surface area contributed by atoms with E-state index in [9.17, 15) is 0 Å². The molecule has 8 heavy (non-hydrogen) atoms. The minimum atomic E-state index is -1.83. The van der Waals surface area contributed by atoms with E-state index in [-0.39, 0.29) is 81.9 Å². The summed E-state index contributed by atoms with van der Waals surface area (Å²) in [7, 11) is 0. The molecule has 0 radical (unpaired) electrons. The van der Waals surface area contributed by atoms with Crippen LogP contribution in [0.4, 0.5) is 4.79 Å². The normalized spacial score (nSPS) is 3.00. The van der Waals surface area contributed by atoms with Gasteiger partial charge < -0.3 is 11.6 Å². The smallest absolute Gasteiger partial charge is 1.00 e. The van der Waals surface area contributed by atoms with Crippen molar-refractivity contribution >= 4 is 57.1 Å². The van der Waals surface area contributed by atoms with Crippen molar-refractivity contribution in [3.05, 3.63) is 0 Å².